The van der Waals surface area contributed by atoms with Crippen LogP contribution in [0.25, 0.3) is 0 Å². The van der Waals surface area contributed by atoms with Crippen molar-refractivity contribution in [2.45, 2.75) is 32.5 Å². The van der Waals surface area contributed by atoms with Gasteiger partial charge >= 0.3 is 12.1 Å². The molecule has 116 valence electrons. The second kappa shape index (κ2) is 6.15. The van der Waals surface area contributed by atoms with E-state index in [0.29, 0.717) is 5.56 Å². The number of amides is 1. The molecule has 1 amide bonds. The van der Waals surface area contributed by atoms with Gasteiger partial charge in [-0.1, -0.05) is 44.2 Å². The number of benzene rings is 1. The van der Waals surface area contributed by atoms with Gasteiger partial charge in [0, 0.05) is 6.42 Å². The van der Waals surface area contributed by atoms with Crippen LogP contribution in [0.4, 0.5) is 13.2 Å². The number of halogens is 3. The Morgan fingerprint density at radius 3 is 2.14 bits per heavy atom. The van der Waals surface area contributed by atoms with E-state index in [4.69, 9.17) is 5.11 Å². The van der Waals surface area contributed by atoms with E-state index >= 15 is 0 Å². The van der Waals surface area contributed by atoms with Gasteiger partial charge in [-0.15, -0.1) is 0 Å². The van der Waals surface area contributed by atoms with Crippen LogP contribution in [0.5, 0.6) is 0 Å². The first-order chi connectivity index (χ1) is 9.54. The Labute approximate surface area is 120 Å². The number of hydrogen-bond acceptors (Lipinski definition) is 2. The van der Waals surface area contributed by atoms with E-state index in [2.05, 4.69) is 5.32 Å². The molecule has 4 nitrogen and oxygen atoms in total. The zero-order valence-electron chi connectivity index (χ0n) is 11.6. The van der Waals surface area contributed by atoms with Crippen molar-refractivity contribution >= 4 is 11.9 Å². The molecule has 0 bridgehead atoms. The summed E-state index contributed by atoms with van der Waals surface area (Å²) >= 11 is 0. The smallest absolute Gasteiger partial charge is 0.394 e. The molecule has 0 fully saturated rings. The van der Waals surface area contributed by atoms with Crippen molar-refractivity contribution in [2.24, 2.45) is 5.41 Å². The fourth-order valence-corrected chi connectivity index (χ4v) is 1.65. The lowest BCUT2D eigenvalue weighted by Crippen LogP contribution is -2.40. The third-order valence-corrected chi connectivity index (χ3v) is 3.06. The third-order valence-electron chi connectivity index (χ3n) is 3.06. The summed E-state index contributed by atoms with van der Waals surface area (Å²) in [5.41, 5.74) is -1.93. The molecule has 7 heteroatoms. The maximum Gasteiger partial charge on any atom is 0.394 e. The Hall–Kier alpha value is -2.05. The predicted octanol–water partition coefficient (Wildman–Crippen LogP) is 2.91. The Morgan fingerprint density at radius 1 is 1.19 bits per heavy atom. The van der Waals surface area contributed by atoms with Gasteiger partial charge in [-0.2, -0.15) is 13.2 Å². The van der Waals surface area contributed by atoms with Gasteiger partial charge in [0.1, 0.15) is 0 Å². The molecule has 1 atom stereocenters. The fourth-order valence-electron chi connectivity index (χ4n) is 1.65. The summed E-state index contributed by atoms with van der Waals surface area (Å²) in [5, 5.41) is 11.2. The second-order valence-electron chi connectivity index (χ2n) is 5.31. The molecule has 0 unspecified atom stereocenters. The van der Waals surface area contributed by atoms with Crippen LogP contribution in [0.3, 0.4) is 0 Å². The van der Waals surface area contributed by atoms with Gasteiger partial charge < -0.3 is 10.4 Å². The van der Waals surface area contributed by atoms with Crippen molar-refractivity contribution in [1.82, 2.24) is 5.32 Å². The maximum atomic E-state index is 12.7. The molecular weight excluding hydrogens is 287 g/mol. The zero-order valence-corrected chi connectivity index (χ0v) is 11.6. The fraction of sp³-hybridized carbons (Fsp3) is 0.429. The number of alkyl halides is 3. The lowest BCUT2D eigenvalue weighted by molar-refractivity contribution is -0.213. The van der Waals surface area contributed by atoms with Crippen LogP contribution in [0.15, 0.2) is 30.3 Å². The number of rotatable bonds is 5. The van der Waals surface area contributed by atoms with Gasteiger partial charge in [-0.3, -0.25) is 4.79 Å². The number of carboxylic acid groups (broad SMARTS) is 1. The number of nitrogens with one attached hydrogen (secondary N) is 1. The summed E-state index contributed by atoms with van der Waals surface area (Å²) in [6.07, 6.45) is -5.39. The SMILES string of the molecule is CC(C)(CC(=O)N[C@H](C(=O)O)c1ccccc1)C(F)(F)F. The number of aliphatic carboxylic acids is 1. The van der Waals surface area contributed by atoms with E-state index in [-0.39, 0.29) is 0 Å². The Morgan fingerprint density at radius 2 is 1.71 bits per heavy atom. The highest BCUT2D eigenvalue weighted by atomic mass is 19.4. The monoisotopic (exact) mass is 303 g/mol. The van der Waals surface area contributed by atoms with Gasteiger partial charge in [0.2, 0.25) is 5.91 Å². The van der Waals surface area contributed by atoms with Crippen molar-refractivity contribution in [3.05, 3.63) is 35.9 Å². The summed E-state index contributed by atoms with van der Waals surface area (Å²) in [4.78, 5) is 22.9. The topological polar surface area (TPSA) is 66.4 Å². The summed E-state index contributed by atoms with van der Waals surface area (Å²) in [7, 11) is 0. The van der Waals surface area contributed by atoms with E-state index in [1.807, 2.05) is 0 Å². The molecule has 0 aliphatic heterocycles. The molecule has 0 saturated heterocycles. The maximum absolute atomic E-state index is 12.7. The van der Waals surface area contributed by atoms with Crippen molar-refractivity contribution in [3.63, 3.8) is 0 Å². The first kappa shape index (κ1) is 17.0. The van der Waals surface area contributed by atoms with Crippen LogP contribution >= 0.6 is 0 Å². The minimum atomic E-state index is -4.55. The Bertz CT molecular complexity index is 512. The number of carbonyl (C=O) groups excluding carboxylic acids is 1. The molecule has 0 aliphatic carbocycles. The molecule has 0 saturated carbocycles. The van der Waals surface area contributed by atoms with E-state index in [1.54, 1.807) is 18.2 Å². The Kier molecular flexibility index (Phi) is 4.98. The minimum absolute atomic E-state index is 0.295. The van der Waals surface area contributed by atoms with Crippen LogP contribution in [0.1, 0.15) is 31.9 Å². The van der Waals surface area contributed by atoms with E-state index in [0.717, 1.165) is 13.8 Å². The standard InChI is InChI=1S/C14H16F3NO3/c1-13(2,14(15,16)17)8-10(19)18-11(12(20)21)9-6-4-3-5-7-9/h3-7,11H,8H2,1-2H3,(H,18,19)(H,20,21)/t11-/m0/s1. The quantitative estimate of drug-likeness (QED) is 0.879. The third kappa shape index (κ3) is 4.47. The van der Waals surface area contributed by atoms with Gasteiger partial charge in [-0.05, 0) is 5.56 Å². The largest absolute Gasteiger partial charge is 0.479 e. The molecule has 0 heterocycles. The molecule has 1 aromatic carbocycles. The molecular formula is C14H16F3NO3. The zero-order chi connectivity index (χ0) is 16.3. The molecule has 21 heavy (non-hydrogen) atoms. The first-order valence-corrected chi connectivity index (χ1v) is 6.18. The summed E-state index contributed by atoms with van der Waals surface area (Å²) < 4.78 is 38.1. The van der Waals surface area contributed by atoms with Crippen LogP contribution in [-0.4, -0.2) is 23.2 Å². The summed E-state index contributed by atoms with van der Waals surface area (Å²) in [6.45, 7) is 1.79. The summed E-state index contributed by atoms with van der Waals surface area (Å²) in [6, 6.07) is 6.41. The highest BCUT2D eigenvalue weighted by Gasteiger charge is 2.48. The van der Waals surface area contributed by atoms with Crippen molar-refractivity contribution in [3.8, 4) is 0 Å². The molecule has 1 rings (SSSR count). The van der Waals surface area contributed by atoms with E-state index in [9.17, 15) is 22.8 Å². The average Bonchev–Trinajstić information content (AvgIpc) is 2.34. The highest BCUT2D eigenvalue weighted by molar-refractivity contribution is 5.84. The number of carboxylic acids is 1. The van der Waals surface area contributed by atoms with Gasteiger partial charge in [-0.25, -0.2) is 4.79 Å². The normalized spacial score (nSPS) is 13.6. The average molecular weight is 303 g/mol. The minimum Gasteiger partial charge on any atom is -0.479 e. The van der Waals surface area contributed by atoms with E-state index in [1.165, 1.54) is 12.1 Å². The van der Waals surface area contributed by atoms with Crippen molar-refractivity contribution in [1.29, 1.82) is 0 Å². The van der Waals surface area contributed by atoms with Crippen LogP contribution in [0, 0.1) is 5.41 Å². The Balaban J connectivity index is 2.82. The van der Waals surface area contributed by atoms with Crippen LogP contribution < -0.4 is 5.32 Å². The molecule has 0 aromatic heterocycles. The lowest BCUT2D eigenvalue weighted by Gasteiger charge is -2.27. The van der Waals surface area contributed by atoms with Crippen LogP contribution in [0.2, 0.25) is 0 Å². The molecule has 0 spiro atoms. The van der Waals surface area contributed by atoms with Crippen LogP contribution in [-0.2, 0) is 9.59 Å². The molecule has 0 aliphatic rings. The second-order valence-corrected chi connectivity index (χ2v) is 5.31. The molecule has 1 aromatic rings. The number of hydrogen-bond donors (Lipinski definition) is 2. The van der Waals surface area contributed by atoms with Crippen molar-refractivity contribution < 1.29 is 27.9 Å². The number of carbonyl (C=O) groups is 2. The van der Waals surface area contributed by atoms with Gasteiger partial charge in [0.15, 0.2) is 6.04 Å². The van der Waals surface area contributed by atoms with Gasteiger partial charge in [0.05, 0.1) is 5.41 Å². The van der Waals surface area contributed by atoms with E-state index < -0.39 is 35.9 Å². The molecule has 0 radical (unpaired) electrons. The predicted molar refractivity (Wildman–Crippen MR) is 69.4 cm³/mol. The summed E-state index contributed by atoms with van der Waals surface area (Å²) in [5.74, 6) is -2.30. The highest BCUT2D eigenvalue weighted by Crippen LogP contribution is 2.40. The lowest BCUT2D eigenvalue weighted by atomic mass is 9.88. The first-order valence-electron chi connectivity index (χ1n) is 6.18. The van der Waals surface area contributed by atoms with Gasteiger partial charge in [0.25, 0.3) is 0 Å². The molecule has 2 N–H and O–H groups in total. The van der Waals surface area contributed by atoms with Crippen molar-refractivity contribution in [2.75, 3.05) is 0 Å².